The molecule has 0 saturated carbocycles. The van der Waals surface area contributed by atoms with E-state index in [0.29, 0.717) is 15.8 Å². The zero-order valence-corrected chi connectivity index (χ0v) is 18.0. The van der Waals surface area contributed by atoms with Crippen LogP contribution in [-0.4, -0.2) is 40.3 Å². The molecule has 0 bridgehead atoms. The minimum atomic E-state index is -0.932. The van der Waals surface area contributed by atoms with Crippen molar-refractivity contribution < 1.29 is 24.0 Å². The van der Waals surface area contributed by atoms with Crippen LogP contribution in [0.1, 0.15) is 24.2 Å². The number of hydrogen-bond acceptors (Lipinski definition) is 8. The van der Waals surface area contributed by atoms with Gasteiger partial charge in [-0.2, -0.15) is 0 Å². The number of rotatable bonds is 8. The average Bonchev–Trinajstić information content (AvgIpc) is 3.17. The van der Waals surface area contributed by atoms with Crippen LogP contribution in [0.5, 0.6) is 0 Å². The molecular weight excluding hydrogens is 436 g/mol. The molecule has 2 N–H and O–H groups in total. The van der Waals surface area contributed by atoms with Crippen LogP contribution in [0, 0.1) is 16.0 Å². The quantitative estimate of drug-likeness (QED) is 0.301. The number of carbonyl (C=O) groups is 3. The Hall–Kier alpha value is -3.86. The SMILES string of the molecule is CC(C)C(NC(=O)c1ccccc1)C(=O)OCC(=O)Nc1nc2ccc([N+](=O)[O-])cc2s1. The second kappa shape index (κ2) is 9.96. The molecule has 1 heterocycles. The van der Waals surface area contributed by atoms with Crippen molar-refractivity contribution in [3.8, 4) is 0 Å². The van der Waals surface area contributed by atoms with Crippen LogP contribution in [0.4, 0.5) is 10.8 Å². The molecule has 0 aliphatic heterocycles. The molecular formula is C21H20N4O6S. The number of ether oxygens (including phenoxy) is 1. The van der Waals surface area contributed by atoms with Crippen LogP contribution in [0.15, 0.2) is 48.5 Å². The molecule has 166 valence electrons. The number of amides is 2. The van der Waals surface area contributed by atoms with Crippen molar-refractivity contribution in [1.82, 2.24) is 10.3 Å². The van der Waals surface area contributed by atoms with E-state index in [9.17, 15) is 24.5 Å². The van der Waals surface area contributed by atoms with E-state index in [4.69, 9.17) is 4.74 Å². The van der Waals surface area contributed by atoms with Crippen molar-refractivity contribution in [1.29, 1.82) is 0 Å². The number of carbonyl (C=O) groups excluding carboxylic acids is 3. The zero-order valence-electron chi connectivity index (χ0n) is 17.2. The van der Waals surface area contributed by atoms with Crippen LogP contribution in [-0.2, 0) is 14.3 Å². The Labute approximate surface area is 186 Å². The summed E-state index contributed by atoms with van der Waals surface area (Å²) in [7, 11) is 0. The number of nitro groups is 1. The summed E-state index contributed by atoms with van der Waals surface area (Å²) in [6, 6.07) is 11.7. The van der Waals surface area contributed by atoms with Crippen LogP contribution < -0.4 is 10.6 Å². The lowest BCUT2D eigenvalue weighted by Gasteiger charge is -2.20. The number of nitrogens with zero attached hydrogens (tertiary/aromatic N) is 2. The third kappa shape index (κ3) is 5.64. The van der Waals surface area contributed by atoms with Gasteiger partial charge in [0.15, 0.2) is 11.7 Å². The first-order valence-electron chi connectivity index (χ1n) is 9.62. The van der Waals surface area contributed by atoms with Gasteiger partial charge < -0.3 is 10.1 Å². The molecule has 10 nitrogen and oxygen atoms in total. The topological polar surface area (TPSA) is 141 Å². The molecule has 0 fully saturated rings. The van der Waals surface area contributed by atoms with Gasteiger partial charge in [-0.05, 0) is 24.1 Å². The Morgan fingerprint density at radius 2 is 1.88 bits per heavy atom. The molecule has 1 unspecified atom stereocenters. The summed E-state index contributed by atoms with van der Waals surface area (Å²) >= 11 is 1.06. The summed E-state index contributed by atoms with van der Waals surface area (Å²) in [4.78, 5) is 51.5. The zero-order chi connectivity index (χ0) is 23.3. The second-order valence-corrected chi connectivity index (χ2v) is 8.18. The largest absolute Gasteiger partial charge is 0.454 e. The van der Waals surface area contributed by atoms with Gasteiger partial charge in [-0.25, -0.2) is 9.78 Å². The van der Waals surface area contributed by atoms with E-state index in [1.807, 2.05) is 0 Å². The smallest absolute Gasteiger partial charge is 0.329 e. The Balaban J connectivity index is 1.57. The van der Waals surface area contributed by atoms with E-state index < -0.39 is 35.4 Å². The number of nitro benzene ring substituents is 1. The molecule has 0 saturated heterocycles. The summed E-state index contributed by atoms with van der Waals surface area (Å²) in [6.45, 7) is 2.93. The van der Waals surface area contributed by atoms with Crippen molar-refractivity contribution in [2.75, 3.05) is 11.9 Å². The fourth-order valence-electron chi connectivity index (χ4n) is 2.77. The number of benzene rings is 2. The number of aromatic nitrogens is 1. The second-order valence-electron chi connectivity index (χ2n) is 7.15. The lowest BCUT2D eigenvalue weighted by molar-refractivity contribution is -0.384. The summed E-state index contributed by atoms with van der Waals surface area (Å²) in [5.74, 6) is -2.05. The number of anilines is 1. The van der Waals surface area contributed by atoms with Crippen molar-refractivity contribution in [2.45, 2.75) is 19.9 Å². The number of hydrogen-bond donors (Lipinski definition) is 2. The molecule has 1 atom stereocenters. The molecule has 1 aromatic heterocycles. The molecule has 2 aromatic carbocycles. The fraction of sp³-hybridized carbons (Fsp3) is 0.238. The van der Waals surface area contributed by atoms with E-state index in [1.54, 1.807) is 44.2 Å². The molecule has 0 radical (unpaired) electrons. The maximum absolute atomic E-state index is 12.5. The first kappa shape index (κ1) is 22.8. The maximum atomic E-state index is 12.5. The fourth-order valence-corrected chi connectivity index (χ4v) is 3.69. The number of fused-ring (bicyclic) bond motifs is 1. The first-order valence-corrected chi connectivity index (χ1v) is 10.4. The highest BCUT2D eigenvalue weighted by atomic mass is 32.1. The highest BCUT2D eigenvalue weighted by molar-refractivity contribution is 7.22. The van der Waals surface area contributed by atoms with Gasteiger partial charge in [0.05, 0.1) is 15.1 Å². The number of thiazole rings is 1. The molecule has 0 spiro atoms. The van der Waals surface area contributed by atoms with Crippen LogP contribution in [0.3, 0.4) is 0 Å². The van der Waals surface area contributed by atoms with Gasteiger partial charge in [0.2, 0.25) is 0 Å². The monoisotopic (exact) mass is 456 g/mol. The van der Waals surface area contributed by atoms with Gasteiger partial charge in [-0.3, -0.25) is 25.0 Å². The predicted octanol–water partition coefficient (Wildman–Crippen LogP) is 3.14. The van der Waals surface area contributed by atoms with Crippen LogP contribution in [0.2, 0.25) is 0 Å². The summed E-state index contributed by atoms with van der Waals surface area (Å²) in [5.41, 5.74) is 0.821. The van der Waals surface area contributed by atoms with Gasteiger partial charge in [-0.15, -0.1) is 0 Å². The minimum absolute atomic E-state index is 0.0785. The standard InChI is InChI=1S/C21H20N4O6S/c1-12(2)18(24-19(27)13-6-4-3-5-7-13)20(28)31-11-17(26)23-21-22-15-9-8-14(25(29)30)10-16(15)32-21/h3-10,12,18H,11H2,1-2H3,(H,24,27)(H,22,23,26). The third-order valence-electron chi connectivity index (χ3n) is 4.42. The Bertz CT molecular complexity index is 1160. The van der Waals surface area contributed by atoms with Crippen molar-refractivity contribution in [3.63, 3.8) is 0 Å². The molecule has 11 heteroatoms. The Kier molecular flexibility index (Phi) is 7.11. The number of non-ortho nitro benzene ring substituents is 1. The highest BCUT2D eigenvalue weighted by Crippen LogP contribution is 2.29. The summed E-state index contributed by atoms with van der Waals surface area (Å²) in [5, 5.41) is 16.2. The van der Waals surface area contributed by atoms with E-state index >= 15 is 0 Å². The lowest BCUT2D eigenvalue weighted by Crippen LogP contribution is -2.45. The van der Waals surface area contributed by atoms with E-state index in [0.717, 1.165) is 11.3 Å². The van der Waals surface area contributed by atoms with E-state index in [2.05, 4.69) is 15.6 Å². The summed E-state index contributed by atoms with van der Waals surface area (Å²) < 4.78 is 5.62. The molecule has 32 heavy (non-hydrogen) atoms. The van der Waals surface area contributed by atoms with Crippen molar-refractivity contribution in [2.24, 2.45) is 5.92 Å². The average molecular weight is 456 g/mol. The molecule has 0 aliphatic rings. The molecule has 3 rings (SSSR count). The van der Waals surface area contributed by atoms with Gasteiger partial charge in [0.1, 0.15) is 6.04 Å². The van der Waals surface area contributed by atoms with Crippen LogP contribution in [0.25, 0.3) is 10.2 Å². The molecule has 0 aliphatic carbocycles. The Morgan fingerprint density at radius 1 is 1.16 bits per heavy atom. The number of nitrogens with one attached hydrogen (secondary N) is 2. The Morgan fingerprint density at radius 3 is 2.53 bits per heavy atom. The number of esters is 1. The molecule has 2 amide bonds. The summed E-state index contributed by atoms with van der Waals surface area (Å²) in [6.07, 6.45) is 0. The van der Waals surface area contributed by atoms with Crippen LogP contribution >= 0.6 is 11.3 Å². The lowest BCUT2D eigenvalue weighted by atomic mass is 10.0. The highest BCUT2D eigenvalue weighted by Gasteiger charge is 2.27. The third-order valence-corrected chi connectivity index (χ3v) is 5.35. The van der Waals surface area contributed by atoms with Crippen molar-refractivity contribution in [3.05, 3.63) is 64.2 Å². The van der Waals surface area contributed by atoms with Gasteiger partial charge in [0, 0.05) is 17.7 Å². The van der Waals surface area contributed by atoms with Gasteiger partial charge >= 0.3 is 5.97 Å². The molecule has 3 aromatic rings. The maximum Gasteiger partial charge on any atom is 0.329 e. The van der Waals surface area contributed by atoms with E-state index in [1.165, 1.54) is 18.2 Å². The first-order chi connectivity index (χ1) is 15.2. The van der Waals surface area contributed by atoms with Gasteiger partial charge in [-0.1, -0.05) is 43.4 Å². The van der Waals surface area contributed by atoms with E-state index in [-0.39, 0.29) is 16.7 Å². The minimum Gasteiger partial charge on any atom is -0.454 e. The van der Waals surface area contributed by atoms with Gasteiger partial charge in [0.25, 0.3) is 17.5 Å². The van der Waals surface area contributed by atoms with Crippen molar-refractivity contribution >= 4 is 50.2 Å². The normalized spacial score (nSPS) is 11.7. The predicted molar refractivity (Wildman–Crippen MR) is 118 cm³/mol.